The molecule has 29 heavy (non-hydrogen) atoms. The molecule has 0 bridgehead atoms. The van der Waals surface area contributed by atoms with E-state index in [0.717, 1.165) is 27.9 Å². The third-order valence-corrected chi connectivity index (χ3v) is 4.53. The first-order valence-corrected chi connectivity index (χ1v) is 9.14. The number of hydrogen-bond acceptors (Lipinski definition) is 5. The average molecular weight is 404 g/mol. The molecule has 0 radical (unpaired) electrons. The molecule has 0 fully saturated rings. The van der Waals surface area contributed by atoms with Crippen molar-refractivity contribution in [1.82, 2.24) is 34.2 Å². The van der Waals surface area contributed by atoms with E-state index in [1.165, 1.54) is 0 Å². The third-order valence-electron chi connectivity index (χ3n) is 4.25. The summed E-state index contributed by atoms with van der Waals surface area (Å²) < 4.78 is 9.11. The fraction of sp³-hybridized carbons (Fsp3) is 0. The van der Waals surface area contributed by atoms with Gasteiger partial charge in [-0.2, -0.15) is 14.7 Å². The Balaban J connectivity index is 0.000000153. The Bertz CT molecular complexity index is 1420. The number of fused-ring (bicyclic) bond motifs is 3. The van der Waals surface area contributed by atoms with Gasteiger partial charge in [0.1, 0.15) is 10.9 Å². The average Bonchev–Trinajstić information content (AvgIpc) is 3.49. The molecule has 0 saturated carbocycles. The van der Waals surface area contributed by atoms with Crippen LogP contribution in [0, 0.1) is 0 Å². The first-order chi connectivity index (χ1) is 14.3. The quantitative estimate of drug-likeness (QED) is 0.433. The van der Waals surface area contributed by atoms with Gasteiger partial charge in [-0.1, -0.05) is 11.6 Å². The molecule has 0 amide bonds. The van der Waals surface area contributed by atoms with Gasteiger partial charge in [0.25, 0.3) is 0 Å². The number of nitrogens with one attached hydrogen (secondary N) is 1. The highest BCUT2D eigenvalue weighted by atomic mass is 35.5. The molecule has 9 heteroatoms. The van der Waals surface area contributed by atoms with Crippen LogP contribution in [0.25, 0.3) is 22.2 Å². The van der Waals surface area contributed by atoms with E-state index >= 15 is 0 Å². The second-order valence-corrected chi connectivity index (χ2v) is 6.47. The van der Waals surface area contributed by atoms with Crippen LogP contribution < -0.4 is 4.74 Å². The minimum absolute atomic E-state index is 0.579. The van der Waals surface area contributed by atoms with Crippen LogP contribution in [0.5, 0.6) is 11.6 Å². The highest BCUT2D eigenvalue weighted by Crippen LogP contribution is 2.25. The van der Waals surface area contributed by atoms with Crippen molar-refractivity contribution in [3.8, 4) is 11.6 Å². The van der Waals surface area contributed by atoms with Gasteiger partial charge in [-0.3, -0.25) is 0 Å². The normalized spacial score (nSPS) is 10.9. The molecule has 0 saturated heterocycles. The zero-order valence-electron chi connectivity index (χ0n) is 15.0. The van der Waals surface area contributed by atoms with Crippen molar-refractivity contribution in [2.24, 2.45) is 0 Å². The standard InChI is InChI=1S/C14H10N4O.C6H4ClN3/c1-2-12-10(3-6-15-12)9-11(1)19-14-5-7-16-13-4-8-17-18(13)14;7-5-1-3-8-6-2-4-9-10(5)6/h1-9,15H;1-4H. The van der Waals surface area contributed by atoms with Gasteiger partial charge in [-0.25, -0.2) is 14.5 Å². The summed E-state index contributed by atoms with van der Waals surface area (Å²) in [6.45, 7) is 0. The van der Waals surface area contributed by atoms with Gasteiger partial charge in [-0.15, -0.1) is 0 Å². The molecule has 5 aromatic heterocycles. The van der Waals surface area contributed by atoms with E-state index in [4.69, 9.17) is 16.3 Å². The smallest absolute Gasteiger partial charge is 0.223 e. The predicted octanol–water partition coefficient (Wildman–Crippen LogP) is 4.39. The van der Waals surface area contributed by atoms with Gasteiger partial charge in [0.15, 0.2) is 11.3 Å². The largest absolute Gasteiger partial charge is 0.439 e. The van der Waals surface area contributed by atoms with Crippen LogP contribution in [0.2, 0.25) is 5.15 Å². The molecule has 5 heterocycles. The van der Waals surface area contributed by atoms with Crippen molar-refractivity contribution in [3.05, 3.63) is 84.7 Å². The molecule has 0 unspecified atom stereocenters. The lowest BCUT2D eigenvalue weighted by Gasteiger charge is -2.06. The van der Waals surface area contributed by atoms with E-state index in [1.807, 2.05) is 36.5 Å². The molecule has 0 atom stereocenters. The summed E-state index contributed by atoms with van der Waals surface area (Å²) in [5.41, 5.74) is 2.62. The molecule has 0 spiro atoms. The summed E-state index contributed by atoms with van der Waals surface area (Å²) in [6.07, 6.45) is 8.63. The molecular weight excluding hydrogens is 390 g/mol. The molecule has 142 valence electrons. The number of halogens is 1. The topological polar surface area (TPSA) is 85.4 Å². The van der Waals surface area contributed by atoms with Gasteiger partial charge in [-0.05, 0) is 30.3 Å². The fourth-order valence-electron chi connectivity index (χ4n) is 2.91. The monoisotopic (exact) mass is 403 g/mol. The first-order valence-electron chi connectivity index (χ1n) is 8.76. The number of ether oxygens (including phenoxy) is 1. The summed E-state index contributed by atoms with van der Waals surface area (Å²) in [5.74, 6) is 1.42. The van der Waals surface area contributed by atoms with E-state index in [2.05, 4.69) is 25.1 Å². The molecule has 1 aromatic carbocycles. The van der Waals surface area contributed by atoms with E-state index in [-0.39, 0.29) is 0 Å². The van der Waals surface area contributed by atoms with Crippen molar-refractivity contribution >= 4 is 33.8 Å². The van der Waals surface area contributed by atoms with E-state index in [9.17, 15) is 0 Å². The molecule has 0 aliphatic heterocycles. The van der Waals surface area contributed by atoms with Crippen molar-refractivity contribution in [2.45, 2.75) is 0 Å². The third kappa shape index (κ3) is 3.37. The summed E-state index contributed by atoms with van der Waals surface area (Å²) in [5, 5.41) is 9.82. The van der Waals surface area contributed by atoms with Gasteiger partial charge in [0.2, 0.25) is 5.88 Å². The summed E-state index contributed by atoms with van der Waals surface area (Å²) in [7, 11) is 0. The first kappa shape index (κ1) is 17.2. The van der Waals surface area contributed by atoms with Crippen LogP contribution in [0.4, 0.5) is 0 Å². The van der Waals surface area contributed by atoms with Gasteiger partial charge < -0.3 is 9.72 Å². The van der Waals surface area contributed by atoms with Crippen molar-refractivity contribution in [2.75, 3.05) is 0 Å². The Kier molecular flexibility index (Phi) is 4.30. The zero-order valence-corrected chi connectivity index (χ0v) is 15.7. The van der Waals surface area contributed by atoms with Crippen LogP contribution in [0.3, 0.4) is 0 Å². The molecule has 1 N–H and O–H groups in total. The second-order valence-electron chi connectivity index (χ2n) is 6.08. The Morgan fingerprint density at radius 2 is 1.55 bits per heavy atom. The van der Waals surface area contributed by atoms with E-state index in [0.29, 0.717) is 11.0 Å². The number of aromatic amines is 1. The Labute approximate surface area is 169 Å². The molecular formula is C20H14ClN7O. The maximum atomic E-state index is 5.87. The van der Waals surface area contributed by atoms with Crippen LogP contribution in [-0.2, 0) is 0 Å². The number of nitrogens with zero attached hydrogens (tertiary/aromatic N) is 6. The number of benzene rings is 1. The molecule has 0 aliphatic rings. The van der Waals surface area contributed by atoms with Crippen LogP contribution >= 0.6 is 11.6 Å². The lowest BCUT2D eigenvalue weighted by atomic mass is 10.2. The lowest BCUT2D eigenvalue weighted by molar-refractivity contribution is 0.447. The van der Waals surface area contributed by atoms with Gasteiger partial charge in [0.05, 0.1) is 12.4 Å². The minimum Gasteiger partial charge on any atom is -0.439 e. The van der Waals surface area contributed by atoms with Crippen LogP contribution in [-0.4, -0.2) is 34.2 Å². The zero-order chi connectivity index (χ0) is 19.6. The molecule has 0 aliphatic carbocycles. The second kappa shape index (κ2) is 7.25. The molecule has 6 aromatic rings. The summed E-state index contributed by atoms with van der Waals surface area (Å²) in [6, 6.07) is 15.0. The summed E-state index contributed by atoms with van der Waals surface area (Å²) in [4.78, 5) is 11.4. The molecule has 6 rings (SSSR count). The van der Waals surface area contributed by atoms with Crippen molar-refractivity contribution < 1.29 is 4.74 Å². The molecule has 8 nitrogen and oxygen atoms in total. The van der Waals surface area contributed by atoms with Crippen molar-refractivity contribution in [1.29, 1.82) is 0 Å². The summed E-state index contributed by atoms with van der Waals surface area (Å²) >= 11 is 5.76. The lowest BCUT2D eigenvalue weighted by Crippen LogP contribution is -1.96. The predicted molar refractivity (Wildman–Crippen MR) is 109 cm³/mol. The maximum Gasteiger partial charge on any atom is 0.223 e. The number of hydrogen-bond donors (Lipinski definition) is 1. The Hall–Kier alpha value is -3.91. The SMILES string of the molecule is Clc1ccnc2ccnn12.c1cc(Oc2ccc3[nH]ccc3c2)n2nccc2n1. The Morgan fingerprint density at radius 3 is 2.38 bits per heavy atom. The minimum atomic E-state index is 0.579. The van der Waals surface area contributed by atoms with Crippen LogP contribution in [0.15, 0.2) is 79.5 Å². The van der Waals surface area contributed by atoms with Gasteiger partial charge in [0, 0.05) is 47.7 Å². The Morgan fingerprint density at radius 1 is 0.793 bits per heavy atom. The maximum absolute atomic E-state index is 5.87. The number of rotatable bonds is 2. The van der Waals surface area contributed by atoms with E-state index in [1.54, 1.807) is 52.0 Å². The fourth-order valence-corrected chi connectivity index (χ4v) is 3.10. The number of H-pyrrole nitrogens is 1. The highest BCUT2D eigenvalue weighted by Gasteiger charge is 2.05. The highest BCUT2D eigenvalue weighted by molar-refractivity contribution is 6.29. The van der Waals surface area contributed by atoms with Crippen LogP contribution in [0.1, 0.15) is 0 Å². The van der Waals surface area contributed by atoms with Gasteiger partial charge >= 0.3 is 0 Å². The van der Waals surface area contributed by atoms with Crippen molar-refractivity contribution in [3.63, 3.8) is 0 Å². The number of aromatic nitrogens is 7. The van der Waals surface area contributed by atoms with E-state index < -0.39 is 0 Å².